The molecule has 1 aromatic heterocycles. The van der Waals surface area contributed by atoms with Gasteiger partial charge in [0.25, 0.3) is 11.8 Å². The lowest BCUT2D eigenvalue weighted by atomic mass is 10.0. The maximum atomic E-state index is 12.7. The molecule has 28 heavy (non-hydrogen) atoms. The number of hydrogen-bond acceptors (Lipinski definition) is 9. The van der Waals surface area contributed by atoms with Crippen molar-refractivity contribution in [3.05, 3.63) is 22.8 Å². The summed E-state index contributed by atoms with van der Waals surface area (Å²) in [5, 5.41) is 17.1. The molecule has 0 aliphatic carbocycles. The molecule has 150 valence electrons. The first kappa shape index (κ1) is 20.1. The molecule has 3 heterocycles. The van der Waals surface area contributed by atoms with Crippen molar-refractivity contribution < 1.29 is 24.3 Å². The number of carboxylic acids is 1. The minimum absolute atomic E-state index is 0.0664. The summed E-state index contributed by atoms with van der Waals surface area (Å²) in [4.78, 5) is 46.8. The van der Waals surface area contributed by atoms with E-state index < -0.39 is 29.2 Å². The van der Waals surface area contributed by atoms with Gasteiger partial charge in [-0.1, -0.05) is 18.5 Å². The fourth-order valence-electron chi connectivity index (χ4n) is 2.67. The summed E-state index contributed by atoms with van der Waals surface area (Å²) in [6.45, 7) is 2.34. The number of aliphatic carboxylic acids is 1. The van der Waals surface area contributed by atoms with Gasteiger partial charge in [-0.2, -0.15) is 0 Å². The van der Waals surface area contributed by atoms with E-state index in [0.717, 1.165) is 24.2 Å². The molecule has 2 aliphatic heterocycles. The van der Waals surface area contributed by atoms with Crippen LogP contribution in [0.3, 0.4) is 0 Å². The highest BCUT2D eigenvalue weighted by Crippen LogP contribution is 2.37. The van der Waals surface area contributed by atoms with Crippen molar-refractivity contribution in [2.24, 2.45) is 5.16 Å². The van der Waals surface area contributed by atoms with Crippen molar-refractivity contribution in [2.45, 2.75) is 31.2 Å². The average molecular weight is 425 g/mol. The summed E-state index contributed by atoms with van der Waals surface area (Å²) >= 11 is 2.52. The average Bonchev–Trinajstić information content (AvgIpc) is 3.10. The largest absolute Gasteiger partial charge is 0.477 e. The molecule has 3 rings (SSSR count). The molecule has 0 saturated carbocycles. The number of nitrogens with two attached hydrogens (primary N) is 1. The minimum atomic E-state index is -1.17. The first-order chi connectivity index (χ1) is 13.4. The summed E-state index contributed by atoms with van der Waals surface area (Å²) in [5.41, 5.74) is 5.75. The fraction of sp³-hybridized carbons (Fsp3) is 0.438. The number of rotatable bonds is 8. The second kappa shape index (κ2) is 8.61. The van der Waals surface area contributed by atoms with Gasteiger partial charge < -0.3 is 21.0 Å². The number of nitrogens with zero attached hydrogens (tertiary/aromatic N) is 3. The molecule has 0 spiro atoms. The Bertz CT molecular complexity index is 852. The van der Waals surface area contributed by atoms with Crippen molar-refractivity contribution in [1.29, 1.82) is 0 Å². The SMILES string of the molecule is CCCCON=C(C(=O)NC1C(=O)N2C(C(=O)O)=CCS[C@H]12)c1csc(N)n1. The van der Waals surface area contributed by atoms with Crippen LogP contribution in [0.1, 0.15) is 25.5 Å². The van der Waals surface area contributed by atoms with Gasteiger partial charge in [0, 0.05) is 11.1 Å². The number of carboxylic acid groups (broad SMARTS) is 1. The van der Waals surface area contributed by atoms with Crippen LogP contribution in [-0.4, -0.2) is 62.3 Å². The van der Waals surface area contributed by atoms with Crippen LogP contribution in [0.4, 0.5) is 5.13 Å². The molecule has 10 nitrogen and oxygen atoms in total. The molecule has 0 radical (unpaired) electrons. The lowest BCUT2D eigenvalue weighted by Gasteiger charge is -2.48. The lowest BCUT2D eigenvalue weighted by Crippen LogP contribution is -2.70. The number of β-lactam (4-membered cyclic amide) rings is 1. The number of nitrogen functional groups attached to an aromatic ring is 1. The summed E-state index contributed by atoms with van der Waals surface area (Å²) < 4.78 is 0. The number of oxime groups is 1. The Morgan fingerprint density at radius 3 is 2.96 bits per heavy atom. The van der Waals surface area contributed by atoms with E-state index in [-0.39, 0.29) is 22.2 Å². The Morgan fingerprint density at radius 1 is 1.54 bits per heavy atom. The van der Waals surface area contributed by atoms with Crippen LogP contribution in [0.2, 0.25) is 0 Å². The summed E-state index contributed by atoms with van der Waals surface area (Å²) in [6.07, 6.45) is 3.16. The highest BCUT2D eigenvalue weighted by atomic mass is 32.2. The van der Waals surface area contributed by atoms with Crippen molar-refractivity contribution in [3.63, 3.8) is 0 Å². The second-order valence-electron chi connectivity index (χ2n) is 5.98. The first-order valence-corrected chi connectivity index (χ1v) is 10.5. The number of nitrogens with one attached hydrogen (secondary N) is 1. The maximum absolute atomic E-state index is 12.7. The molecule has 1 unspecified atom stereocenters. The molecule has 2 aliphatic rings. The molecular formula is C16H19N5O5S2. The number of carbonyl (C=O) groups is 3. The van der Waals surface area contributed by atoms with E-state index in [0.29, 0.717) is 12.4 Å². The zero-order valence-electron chi connectivity index (χ0n) is 15.0. The zero-order valence-corrected chi connectivity index (χ0v) is 16.6. The summed E-state index contributed by atoms with van der Waals surface area (Å²) in [5.74, 6) is -1.85. The minimum Gasteiger partial charge on any atom is -0.477 e. The Morgan fingerprint density at radius 2 is 2.32 bits per heavy atom. The number of aromatic nitrogens is 1. The van der Waals surface area contributed by atoms with E-state index in [1.807, 2.05) is 6.92 Å². The monoisotopic (exact) mass is 425 g/mol. The third kappa shape index (κ3) is 3.97. The number of thioether (sulfide) groups is 1. The van der Waals surface area contributed by atoms with Gasteiger partial charge in [-0.15, -0.1) is 23.1 Å². The Hall–Kier alpha value is -2.60. The van der Waals surface area contributed by atoms with Gasteiger partial charge in [-0.3, -0.25) is 14.5 Å². The van der Waals surface area contributed by atoms with Crippen LogP contribution in [0, 0.1) is 0 Å². The Balaban J connectivity index is 1.73. The van der Waals surface area contributed by atoms with Crippen LogP contribution in [-0.2, 0) is 19.2 Å². The molecule has 0 bridgehead atoms. The number of thiazole rings is 1. The molecule has 2 atom stereocenters. The summed E-state index contributed by atoms with van der Waals surface area (Å²) in [7, 11) is 0. The predicted molar refractivity (Wildman–Crippen MR) is 105 cm³/mol. The van der Waals surface area contributed by atoms with Crippen LogP contribution in [0.5, 0.6) is 0 Å². The molecule has 2 amide bonds. The van der Waals surface area contributed by atoms with Gasteiger partial charge in [-0.25, -0.2) is 9.78 Å². The number of carbonyl (C=O) groups excluding carboxylic acids is 2. The molecule has 1 fully saturated rings. The van der Waals surface area contributed by atoms with Crippen LogP contribution >= 0.6 is 23.1 Å². The van der Waals surface area contributed by atoms with E-state index in [2.05, 4.69) is 15.5 Å². The van der Waals surface area contributed by atoms with Crippen LogP contribution in [0.15, 0.2) is 22.3 Å². The smallest absolute Gasteiger partial charge is 0.352 e. The van der Waals surface area contributed by atoms with Gasteiger partial charge in [0.15, 0.2) is 10.8 Å². The van der Waals surface area contributed by atoms with Crippen LogP contribution in [0.25, 0.3) is 0 Å². The quantitative estimate of drug-likeness (QED) is 0.238. The molecule has 1 aromatic rings. The number of unbranched alkanes of at least 4 members (excludes halogenated alkanes) is 1. The normalized spacial score (nSPS) is 21.5. The van der Waals surface area contributed by atoms with Gasteiger partial charge >= 0.3 is 5.97 Å². The van der Waals surface area contributed by atoms with Crippen molar-refractivity contribution in [1.82, 2.24) is 15.2 Å². The third-order valence-electron chi connectivity index (χ3n) is 4.08. The van der Waals surface area contributed by atoms with E-state index in [1.165, 1.54) is 22.7 Å². The number of amides is 2. The summed E-state index contributed by atoms with van der Waals surface area (Å²) in [6, 6.07) is -0.850. The van der Waals surface area contributed by atoms with E-state index in [4.69, 9.17) is 10.6 Å². The van der Waals surface area contributed by atoms with Gasteiger partial charge in [0.1, 0.15) is 29.4 Å². The fourth-order valence-corrected chi connectivity index (χ4v) is 4.41. The van der Waals surface area contributed by atoms with E-state index in [9.17, 15) is 19.5 Å². The number of fused-ring (bicyclic) bond motifs is 1. The highest BCUT2D eigenvalue weighted by Gasteiger charge is 2.53. The Labute approximate surface area is 168 Å². The molecular weight excluding hydrogens is 406 g/mol. The van der Waals surface area contributed by atoms with E-state index >= 15 is 0 Å². The number of hydrogen-bond donors (Lipinski definition) is 3. The lowest BCUT2D eigenvalue weighted by molar-refractivity contribution is -0.150. The third-order valence-corrected chi connectivity index (χ3v) is 5.93. The van der Waals surface area contributed by atoms with Crippen molar-refractivity contribution >= 4 is 51.7 Å². The standard InChI is InChI=1S/C16H19N5O5S2/c1-2-3-5-26-20-10(8-7-28-16(17)18-8)12(22)19-11-13(23)21-9(15(24)25)4-6-27-14(11)21/h4,7,11,14H,2-3,5-6H2,1H3,(H2,17,18)(H,19,22)(H,24,25)/t11?,14-/m1/s1. The molecule has 4 N–H and O–H groups in total. The molecule has 1 saturated heterocycles. The van der Waals surface area contributed by atoms with Gasteiger partial charge in [0.2, 0.25) is 0 Å². The Kier molecular flexibility index (Phi) is 6.19. The number of anilines is 1. The first-order valence-electron chi connectivity index (χ1n) is 8.54. The van der Waals surface area contributed by atoms with Gasteiger partial charge in [-0.05, 0) is 12.5 Å². The van der Waals surface area contributed by atoms with Crippen molar-refractivity contribution in [3.8, 4) is 0 Å². The second-order valence-corrected chi connectivity index (χ2v) is 8.01. The van der Waals surface area contributed by atoms with E-state index in [1.54, 1.807) is 5.38 Å². The maximum Gasteiger partial charge on any atom is 0.352 e. The van der Waals surface area contributed by atoms with Crippen molar-refractivity contribution in [2.75, 3.05) is 18.1 Å². The van der Waals surface area contributed by atoms with Gasteiger partial charge in [0.05, 0.1) is 0 Å². The molecule has 12 heteroatoms. The molecule has 0 aromatic carbocycles. The highest BCUT2D eigenvalue weighted by molar-refractivity contribution is 8.00. The predicted octanol–water partition coefficient (Wildman–Crippen LogP) is 0.615. The zero-order chi connectivity index (χ0) is 20.3. The van der Waals surface area contributed by atoms with Crippen LogP contribution < -0.4 is 11.1 Å². The topological polar surface area (TPSA) is 147 Å².